The van der Waals surface area contributed by atoms with Gasteiger partial charge in [-0.2, -0.15) is 4.31 Å². The third-order valence-electron chi connectivity index (χ3n) is 3.73. The second-order valence-corrected chi connectivity index (χ2v) is 7.32. The molecular formula is C14H21N3O3S. The normalized spacial score (nSPS) is 23.8. The smallest absolute Gasteiger partial charge is 0.244 e. The van der Waals surface area contributed by atoms with Crippen LogP contribution >= 0.6 is 0 Å². The molecule has 1 saturated heterocycles. The number of sulfonamides is 1. The molecule has 2 rings (SSSR count). The van der Waals surface area contributed by atoms with E-state index in [0.717, 1.165) is 12.8 Å². The van der Waals surface area contributed by atoms with Gasteiger partial charge in [0, 0.05) is 19.2 Å². The van der Waals surface area contributed by atoms with E-state index in [2.05, 4.69) is 5.32 Å². The molecule has 0 aliphatic carbocycles. The SMILES string of the molecule is CC(=O)Nc1ccc(S(=O)(=O)N2CCCC(C)C2N)cc1. The monoisotopic (exact) mass is 311 g/mol. The van der Waals surface area contributed by atoms with Crippen molar-refractivity contribution in [1.29, 1.82) is 0 Å². The van der Waals surface area contributed by atoms with E-state index in [-0.39, 0.29) is 16.7 Å². The Morgan fingerprint density at radius 1 is 1.33 bits per heavy atom. The van der Waals surface area contributed by atoms with E-state index in [9.17, 15) is 13.2 Å². The lowest BCUT2D eigenvalue weighted by Gasteiger charge is -2.36. The van der Waals surface area contributed by atoms with E-state index >= 15 is 0 Å². The molecule has 1 fully saturated rings. The number of amides is 1. The minimum atomic E-state index is -3.59. The fourth-order valence-electron chi connectivity index (χ4n) is 2.50. The Morgan fingerprint density at radius 2 is 1.95 bits per heavy atom. The van der Waals surface area contributed by atoms with Crippen LogP contribution in [-0.4, -0.2) is 31.3 Å². The molecule has 1 amide bonds. The highest BCUT2D eigenvalue weighted by molar-refractivity contribution is 7.89. The second kappa shape index (κ2) is 6.13. The largest absolute Gasteiger partial charge is 0.326 e. The topological polar surface area (TPSA) is 92.5 Å². The first-order chi connectivity index (χ1) is 9.82. The van der Waals surface area contributed by atoms with Gasteiger partial charge in [0.15, 0.2) is 0 Å². The van der Waals surface area contributed by atoms with Crippen LogP contribution in [0.15, 0.2) is 29.2 Å². The van der Waals surface area contributed by atoms with Crippen molar-refractivity contribution in [2.45, 2.75) is 37.8 Å². The van der Waals surface area contributed by atoms with Gasteiger partial charge in [-0.1, -0.05) is 6.92 Å². The first kappa shape index (κ1) is 15.9. The zero-order chi connectivity index (χ0) is 15.6. The van der Waals surface area contributed by atoms with Crippen molar-refractivity contribution in [3.05, 3.63) is 24.3 Å². The van der Waals surface area contributed by atoms with Gasteiger partial charge in [-0.05, 0) is 43.0 Å². The minimum Gasteiger partial charge on any atom is -0.326 e. The van der Waals surface area contributed by atoms with Crippen molar-refractivity contribution in [3.63, 3.8) is 0 Å². The van der Waals surface area contributed by atoms with Crippen LogP contribution in [0.5, 0.6) is 0 Å². The van der Waals surface area contributed by atoms with Gasteiger partial charge in [-0.15, -0.1) is 0 Å². The molecule has 0 bridgehead atoms. The van der Waals surface area contributed by atoms with Crippen LogP contribution in [0.2, 0.25) is 0 Å². The van der Waals surface area contributed by atoms with Gasteiger partial charge >= 0.3 is 0 Å². The van der Waals surface area contributed by atoms with Gasteiger partial charge < -0.3 is 11.1 Å². The van der Waals surface area contributed by atoms with Crippen LogP contribution in [0.3, 0.4) is 0 Å². The fourth-order valence-corrected chi connectivity index (χ4v) is 4.15. The average Bonchev–Trinajstić information content (AvgIpc) is 2.41. The highest BCUT2D eigenvalue weighted by atomic mass is 32.2. The third-order valence-corrected chi connectivity index (χ3v) is 5.65. The highest BCUT2D eigenvalue weighted by Gasteiger charge is 2.34. The number of hydrogen-bond donors (Lipinski definition) is 2. The standard InChI is InChI=1S/C14H21N3O3S/c1-10-4-3-9-17(14(10)15)21(19,20)13-7-5-12(6-8-13)16-11(2)18/h5-8,10,14H,3-4,9,15H2,1-2H3,(H,16,18). The van der Waals surface area contributed by atoms with E-state index < -0.39 is 16.2 Å². The number of benzene rings is 1. The number of hydrogen-bond acceptors (Lipinski definition) is 4. The summed E-state index contributed by atoms with van der Waals surface area (Å²) in [7, 11) is -3.59. The number of nitrogens with zero attached hydrogens (tertiary/aromatic N) is 1. The summed E-state index contributed by atoms with van der Waals surface area (Å²) >= 11 is 0. The zero-order valence-corrected chi connectivity index (χ0v) is 13.1. The first-order valence-electron chi connectivity index (χ1n) is 6.97. The number of rotatable bonds is 3. The van der Waals surface area contributed by atoms with Crippen molar-refractivity contribution in [2.75, 3.05) is 11.9 Å². The summed E-state index contributed by atoms with van der Waals surface area (Å²) in [5, 5.41) is 2.61. The van der Waals surface area contributed by atoms with E-state index in [1.807, 2.05) is 6.92 Å². The highest BCUT2D eigenvalue weighted by Crippen LogP contribution is 2.27. The molecule has 1 heterocycles. The molecule has 0 aromatic heterocycles. The summed E-state index contributed by atoms with van der Waals surface area (Å²) in [6.07, 6.45) is 1.27. The zero-order valence-electron chi connectivity index (χ0n) is 12.2. The van der Waals surface area contributed by atoms with E-state index in [0.29, 0.717) is 12.2 Å². The number of nitrogens with two attached hydrogens (primary N) is 1. The second-order valence-electron chi connectivity index (χ2n) is 5.43. The van der Waals surface area contributed by atoms with Crippen molar-refractivity contribution in [3.8, 4) is 0 Å². The molecule has 0 radical (unpaired) electrons. The minimum absolute atomic E-state index is 0.146. The molecular weight excluding hydrogens is 290 g/mol. The average molecular weight is 311 g/mol. The molecule has 0 spiro atoms. The molecule has 116 valence electrons. The molecule has 0 saturated carbocycles. The van der Waals surface area contributed by atoms with E-state index in [4.69, 9.17) is 5.73 Å². The molecule has 2 atom stereocenters. The van der Waals surface area contributed by atoms with Gasteiger partial charge in [0.25, 0.3) is 0 Å². The maximum absolute atomic E-state index is 12.6. The fraction of sp³-hybridized carbons (Fsp3) is 0.500. The summed E-state index contributed by atoms with van der Waals surface area (Å²) in [6.45, 7) is 3.81. The van der Waals surface area contributed by atoms with Gasteiger partial charge in [0.1, 0.15) is 0 Å². The molecule has 2 unspecified atom stereocenters. The van der Waals surface area contributed by atoms with Crippen molar-refractivity contribution in [1.82, 2.24) is 4.31 Å². The van der Waals surface area contributed by atoms with Crippen LogP contribution in [0.1, 0.15) is 26.7 Å². The van der Waals surface area contributed by atoms with Gasteiger partial charge in [-0.3, -0.25) is 4.79 Å². The van der Waals surface area contributed by atoms with Crippen LogP contribution in [0, 0.1) is 5.92 Å². The number of anilines is 1. The Hall–Kier alpha value is -1.44. The van der Waals surface area contributed by atoms with Crippen molar-refractivity contribution >= 4 is 21.6 Å². The number of nitrogens with one attached hydrogen (secondary N) is 1. The van der Waals surface area contributed by atoms with Crippen LogP contribution in [0.4, 0.5) is 5.69 Å². The van der Waals surface area contributed by atoms with Gasteiger partial charge in [-0.25, -0.2) is 8.42 Å². The van der Waals surface area contributed by atoms with Crippen molar-refractivity contribution in [2.24, 2.45) is 11.7 Å². The van der Waals surface area contributed by atoms with Crippen molar-refractivity contribution < 1.29 is 13.2 Å². The summed E-state index contributed by atoms with van der Waals surface area (Å²) in [6, 6.07) is 6.14. The van der Waals surface area contributed by atoms with E-state index in [1.54, 1.807) is 12.1 Å². The number of carbonyl (C=O) groups excluding carboxylic acids is 1. The lowest BCUT2D eigenvalue weighted by Crippen LogP contribution is -2.52. The lowest BCUT2D eigenvalue weighted by molar-refractivity contribution is -0.114. The Labute approximate surface area is 125 Å². The molecule has 21 heavy (non-hydrogen) atoms. The van der Waals surface area contributed by atoms with Crippen LogP contribution < -0.4 is 11.1 Å². The maximum atomic E-state index is 12.6. The molecule has 1 aromatic rings. The quantitative estimate of drug-likeness (QED) is 0.881. The predicted octanol–water partition coefficient (Wildman–Crippen LogP) is 1.35. The van der Waals surface area contributed by atoms with Crippen LogP contribution in [-0.2, 0) is 14.8 Å². The summed E-state index contributed by atoms with van der Waals surface area (Å²) in [5.41, 5.74) is 6.60. The molecule has 1 aromatic carbocycles. The molecule has 1 aliphatic rings. The first-order valence-corrected chi connectivity index (χ1v) is 8.41. The van der Waals surface area contributed by atoms with E-state index in [1.165, 1.54) is 23.4 Å². The molecule has 6 nitrogen and oxygen atoms in total. The Balaban J connectivity index is 2.25. The Morgan fingerprint density at radius 3 is 2.52 bits per heavy atom. The Bertz CT molecular complexity index is 613. The third kappa shape index (κ3) is 3.42. The molecule has 7 heteroatoms. The summed E-state index contributed by atoms with van der Waals surface area (Å²) in [4.78, 5) is 11.2. The number of carbonyl (C=O) groups is 1. The predicted molar refractivity (Wildman–Crippen MR) is 81.0 cm³/mol. The number of piperidine rings is 1. The molecule has 1 aliphatic heterocycles. The maximum Gasteiger partial charge on any atom is 0.244 e. The Kier molecular flexibility index (Phi) is 4.65. The molecule has 3 N–H and O–H groups in total. The summed E-state index contributed by atoms with van der Waals surface area (Å²) in [5.74, 6) is -0.0512. The van der Waals surface area contributed by atoms with Gasteiger partial charge in [0.05, 0.1) is 11.1 Å². The summed E-state index contributed by atoms with van der Waals surface area (Å²) < 4.78 is 26.6. The van der Waals surface area contributed by atoms with Gasteiger partial charge in [0.2, 0.25) is 15.9 Å². The lowest BCUT2D eigenvalue weighted by atomic mass is 9.99. The van der Waals surface area contributed by atoms with Crippen LogP contribution in [0.25, 0.3) is 0 Å².